The van der Waals surface area contributed by atoms with Crippen molar-refractivity contribution >= 4 is 17.5 Å². The minimum Gasteiger partial charge on any atom is -0.333 e. The van der Waals surface area contributed by atoms with E-state index >= 15 is 0 Å². The van der Waals surface area contributed by atoms with Gasteiger partial charge in [-0.25, -0.2) is 0 Å². The van der Waals surface area contributed by atoms with Crippen molar-refractivity contribution in [2.24, 2.45) is 5.92 Å². The van der Waals surface area contributed by atoms with Crippen molar-refractivity contribution in [1.82, 2.24) is 10.2 Å². The Labute approximate surface area is 126 Å². The molecule has 1 N–H and O–H groups in total. The molecule has 0 bridgehead atoms. The maximum Gasteiger partial charge on any atom is 0.223 e. The molecule has 1 aliphatic heterocycles. The number of nitrogens with one attached hydrogen (secondary N) is 1. The SMILES string of the molecule is CC(C)CCC(=O)N1CCNCC1c1cccc(Cl)c1. The Kier molecular flexibility index (Phi) is 5.44. The molecule has 1 aromatic carbocycles. The van der Waals surface area contributed by atoms with Crippen LogP contribution in [0.25, 0.3) is 0 Å². The lowest BCUT2D eigenvalue weighted by Crippen LogP contribution is -2.48. The zero-order valence-corrected chi connectivity index (χ0v) is 13.0. The molecule has 0 radical (unpaired) electrons. The number of amides is 1. The van der Waals surface area contributed by atoms with Gasteiger partial charge < -0.3 is 10.2 Å². The highest BCUT2D eigenvalue weighted by Crippen LogP contribution is 2.25. The first-order valence-electron chi connectivity index (χ1n) is 7.33. The second-order valence-corrected chi connectivity index (χ2v) is 6.23. The molecule has 0 aliphatic carbocycles. The quantitative estimate of drug-likeness (QED) is 0.924. The second kappa shape index (κ2) is 7.09. The van der Waals surface area contributed by atoms with Crippen LogP contribution in [-0.2, 0) is 4.79 Å². The first kappa shape index (κ1) is 15.3. The number of hydrogen-bond acceptors (Lipinski definition) is 2. The third-order valence-corrected chi connectivity index (χ3v) is 3.97. The van der Waals surface area contributed by atoms with Gasteiger partial charge in [0.1, 0.15) is 0 Å². The van der Waals surface area contributed by atoms with Gasteiger partial charge >= 0.3 is 0 Å². The predicted octanol–water partition coefficient (Wildman–Crippen LogP) is 3.25. The summed E-state index contributed by atoms with van der Waals surface area (Å²) in [5.74, 6) is 0.816. The molecule has 1 heterocycles. The Hall–Kier alpha value is -1.06. The summed E-state index contributed by atoms with van der Waals surface area (Å²) < 4.78 is 0. The summed E-state index contributed by atoms with van der Waals surface area (Å²) in [6.07, 6.45) is 1.58. The lowest BCUT2D eigenvalue weighted by Gasteiger charge is -2.37. The average molecular weight is 295 g/mol. The maximum absolute atomic E-state index is 12.4. The van der Waals surface area contributed by atoms with Crippen LogP contribution in [0.5, 0.6) is 0 Å². The fourth-order valence-electron chi connectivity index (χ4n) is 2.57. The molecule has 1 atom stereocenters. The van der Waals surface area contributed by atoms with E-state index in [1.165, 1.54) is 0 Å². The summed E-state index contributed by atoms with van der Waals surface area (Å²) in [6, 6.07) is 7.92. The zero-order chi connectivity index (χ0) is 14.5. The summed E-state index contributed by atoms with van der Waals surface area (Å²) in [7, 11) is 0. The number of piperazine rings is 1. The number of nitrogens with zero attached hydrogens (tertiary/aromatic N) is 1. The highest BCUT2D eigenvalue weighted by molar-refractivity contribution is 6.30. The van der Waals surface area contributed by atoms with Gasteiger partial charge in [0.2, 0.25) is 5.91 Å². The molecule has 1 aromatic rings. The Morgan fingerprint density at radius 2 is 2.30 bits per heavy atom. The molecular weight excluding hydrogens is 272 g/mol. The van der Waals surface area contributed by atoms with E-state index in [1.807, 2.05) is 29.2 Å². The Morgan fingerprint density at radius 3 is 3.00 bits per heavy atom. The van der Waals surface area contributed by atoms with Gasteiger partial charge in [-0.1, -0.05) is 37.6 Å². The molecule has 2 rings (SSSR count). The Balaban J connectivity index is 2.10. The highest BCUT2D eigenvalue weighted by atomic mass is 35.5. The van der Waals surface area contributed by atoms with E-state index in [9.17, 15) is 4.79 Å². The van der Waals surface area contributed by atoms with Gasteiger partial charge in [0.25, 0.3) is 0 Å². The van der Waals surface area contributed by atoms with Crippen LogP contribution in [0.3, 0.4) is 0 Å². The van der Waals surface area contributed by atoms with E-state index in [-0.39, 0.29) is 11.9 Å². The van der Waals surface area contributed by atoms with Crippen LogP contribution < -0.4 is 5.32 Å². The van der Waals surface area contributed by atoms with Gasteiger partial charge in [0.15, 0.2) is 0 Å². The minimum atomic E-state index is 0.0992. The fraction of sp³-hybridized carbons (Fsp3) is 0.562. The van der Waals surface area contributed by atoms with E-state index < -0.39 is 0 Å². The third-order valence-electron chi connectivity index (χ3n) is 3.73. The van der Waals surface area contributed by atoms with Gasteiger partial charge in [-0.2, -0.15) is 0 Å². The topological polar surface area (TPSA) is 32.3 Å². The van der Waals surface area contributed by atoms with E-state index in [0.717, 1.165) is 36.6 Å². The smallest absolute Gasteiger partial charge is 0.223 e. The van der Waals surface area contributed by atoms with Crippen LogP contribution in [0.4, 0.5) is 0 Å². The molecule has 0 spiro atoms. The minimum absolute atomic E-state index is 0.0992. The molecule has 1 saturated heterocycles. The number of carbonyl (C=O) groups is 1. The van der Waals surface area contributed by atoms with Crippen LogP contribution in [0.15, 0.2) is 24.3 Å². The van der Waals surface area contributed by atoms with Crippen molar-refractivity contribution < 1.29 is 4.79 Å². The molecule has 0 saturated carbocycles. The first-order chi connectivity index (χ1) is 9.58. The van der Waals surface area contributed by atoms with Crippen molar-refractivity contribution in [3.63, 3.8) is 0 Å². The molecular formula is C16H23ClN2O. The van der Waals surface area contributed by atoms with Gasteiger partial charge in [-0.3, -0.25) is 4.79 Å². The van der Waals surface area contributed by atoms with E-state index in [2.05, 4.69) is 19.2 Å². The van der Waals surface area contributed by atoms with Crippen molar-refractivity contribution in [3.05, 3.63) is 34.9 Å². The summed E-state index contributed by atoms with van der Waals surface area (Å²) >= 11 is 6.07. The molecule has 1 amide bonds. The summed E-state index contributed by atoms with van der Waals surface area (Å²) in [5.41, 5.74) is 1.11. The molecule has 1 unspecified atom stereocenters. The molecule has 20 heavy (non-hydrogen) atoms. The molecule has 4 heteroatoms. The Morgan fingerprint density at radius 1 is 1.50 bits per heavy atom. The average Bonchev–Trinajstić information content (AvgIpc) is 2.44. The maximum atomic E-state index is 12.4. The molecule has 110 valence electrons. The molecule has 3 nitrogen and oxygen atoms in total. The molecule has 1 fully saturated rings. The largest absolute Gasteiger partial charge is 0.333 e. The van der Waals surface area contributed by atoms with E-state index in [0.29, 0.717) is 12.3 Å². The lowest BCUT2D eigenvalue weighted by atomic mass is 10.0. The third kappa shape index (κ3) is 3.97. The van der Waals surface area contributed by atoms with Crippen molar-refractivity contribution in [1.29, 1.82) is 0 Å². The number of carbonyl (C=O) groups excluding carboxylic acids is 1. The van der Waals surface area contributed by atoms with Crippen LogP contribution >= 0.6 is 11.6 Å². The van der Waals surface area contributed by atoms with Crippen molar-refractivity contribution in [2.75, 3.05) is 19.6 Å². The van der Waals surface area contributed by atoms with Gasteiger partial charge in [-0.05, 0) is 30.0 Å². The van der Waals surface area contributed by atoms with E-state index in [1.54, 1.807) is 0 Å². The standard InChI is InChI=1S/C16H23ClN2O/c1-12(2)6-7-16(20)19-9-8-18-11-15(19)13-4-3-5-14(17)10-13/h3-5,10,12,15,18H,6-9,11H2,1-2H3. The Bertz CT molecular complexity index is 462. The van der Waals surface area contributed by atoms with Gasteiger partial charge in [0, 0.05) is 31.1 Å². The normalized spacial score (nSPS) is 19.4. The van der Waals surface area contributed by atoms with Crippen molar-refractivity contribution in [2.45, 2.75) is 32.7 Å². The van der Waals surface area contributed by atoms with Crippen LogP contribution in [0.2, 0.25) is 5.02 Å². The summed E-state index contributed by atoms with van der Waals surface area (Å²) in [4.78, 5) is 14.4. The van der Waals surface area contributed by atoms with Crippen LogP contribution in [-0.4, -0.2) is 30.4 Å². The van der Waals surface area contributed by atoms with E-state index in [4.69, 9.17) is 11.6 Å². The fourth-order valence-corrected chi connectivity index (χ4v) is 2.77. The number of rotatable bonds is 4. The second-order valence-electron chi connectivity index (χ2n) is 5.79. The number of benzene rings is 1. The predicted molar refractivity (Wildman–Crippen MR) is 82.8 cm³/mol. The number of halogens is 1. The van der Waals surface area contributed by atoms with Crippen LogP contribution in [0.1, 0.15) is 38.3 Å². The van der Waals surface area contributed by atoms with Crippen LogP contribution in [0, 0.1) is 5.92 Å². The summed E-state index contributed by atoms with van der Waals surface area (Å²) in [6.45, 7) is 6.74. The summed E-state index contributed by atoms with van der Waals surface area (Å²) in [5, 5.41) is 4.09. The highest BCUT2D eigenvalue weighted by Gasteiger charge is 2.27. The monoisotopic (exact) mass is 294 g/mol. The molecule has 0 aromatic heterocycles. The van der Waals surface area contributed by atoms with Gasteiger partial charge in [0.05, 0.1) is 6.04 Å². The van der Waals surface area contributed by atoms with Gasteiger partial charge in [-0.15, -0.1) is 0 Å². The zero-order valence-electron chi connectivity index (χ0n) is 12.2. The number of hydrogen-bond donors (Lipinski definition) is 1. The molecule has 1 aliphatic rings. The van der Waals surface area contributed by atoms with Crippen molar-refractivity contribution in [3.8, 4) is 0 Å². The lowest BCUT2D eigenvalue weighted by molar-refractivity contribution is -0.134. The first-order valence-corrected chi connectivity index (χ1v) is 7.71.